The van der Waals surface area contributed by atoms with E-state index in [1.165, 1.54) is 0 Å². The molecule has 0 spiro atoms. The molecule has 86 valence electrons. The van der Waals surface area contributed by atoms with Crippen molar-refractivity contribution in [2.45, 2.75) is 20.0 Å². The first-order chi connectivity index (χ1) is 7.80. The Morgan fingerprint density at radius 2 is 2.25 bits per heavy atom. The summed E-state index contributed by atoms with van der Waals surface area (Å²) in [6.45, 7) is 3.78. The van der Waals surface area contributed by atoms with E-state index in [0.29, 0.717) is 6.54 Å². The molecule has 1 N–H and O–H groups in total. The highest BCUT2D eigenvalue weighted by Gasteiger charge is 2.14. The van der Waals surface area contributed by atoms with Crippen LogP contribution in [-0.4, -0.2) is 23.4 Å². The molecule has 0 aliphatic carbocycles. The summed E-state index contributed by atoms with van der Waals surface area (Å²) < 4.78 is 9.42. The number of aromatic nitrogens is 2. The van der Waals surface area contributed by atoms with Crippen molar-refractivity contribution < 1.29 is 14.4 Å². The minimum absolute atomic E-state index is 0.152. The van der Waals surface area contributed by atoms with Crippen molar-refractivity contribution in [2.24, 2.45) is 0 Å². The predicted octanol–water partition coefficient (Wildman–Crippen LogP) is 0.950. The first-order valence-corrected chi connectivity index (χ1v) is 5.47. The second kappa shape index (κ2) is 4.53. The number of aliphatic hydroxyl groups is 1. The van der Waals surface area contributed by atoms with Crippen LogP contribution >= 0.6 is 0 Å². The highest BCUT2D eigenvalue weighted by molar-refractivity contribution is 5.73. The fourth-order valence-electron chi connectivity index (χ4n) is 1.93. The summed E-state index contributed by atoms with van der Waals surface area (Å²) in [5.74, 6) is 0.858. The van der Waals surface area contributed by atoms with E-state index in [4.69, 9.17) is 9.84 Å². The zero-order valence-electron chi connectivity index (χ0n) is 9.68. The van der Waals surface area contributed by atoms with Crippen molar-refractivity contribution in [1.82, 2.24) is 4.57 Å². The molecule has 0 aliphatic heterocycles. The molecule has 4 heteroatoms. The SMILES string of the molecule is CCn1c[n+](CCO)c2ccc(OC)cc21. The van der Waals surface area contributed by atoms with Crippen molar-refractivity contribution in [2.75, 3.05) is 13.7 Å². The first-order valence-electron chi connectivity index (χ1n) is 5.47. The highest BCUT2D eigenvalue weighted by atomic mass is 16.5. The van der Waals surface area contributed by atoms with E-state index in [9.17, 15) is 0 Å². The Bertz CT molecular complexity index is 491. The third-order valence-electron chi connectivity index (χ3n) is 2.76. The van der Waals surface area contributed by atoms with Gasteiger partial charge in [-0.05, 0) is 19.1 Å². The summed E-state index contributed by atoms with van der Waals surface area (Å²) in [4.78, 5) is 0. The summed E-state index contributed by atoms with van der Waals surface area (Å²) in [7, 11) is 1.67. The Labute approximate surface area is 94.7 Å². The van der Waals surface area contributed by atoms with Crippen molar-refractivity contribution >= 4 is 11.0 Å². The minimum atomic E-state index is 0.152. The molecule has 1 heterocycles. The number of aryl methyl sites for hydroxylation is 1. The molecule has 0 bridgehead atoms. The quantitative estimate of drug-likeness (QED) is 0.781. The Balaban J connectivity index is 2.59. The average molecular weight is 221 g/mol. The van der Waals surface area contributed by atoms with E-state index in [0.717, 1.165) is 23.3 Å². The molecule has 4 nitrogen and oxygen atoms in total. The largest absolute Gasteiger partial charge is 0.497 e. The minimum Gasteiger partial charge on any atom is -0.497 e. The van der Waals surface area contributed by atoms with Gasteiger partial charge in [-0.1, -0.05) is 0 Å². The van der Waals surface area contributed by atoms with Gasteiger partial charge in [-0.25, -0.2) is 9.13 Å². The van der Waals surface area contributed by atoms with Crippen LogP contribution in [0.2, 0.25) is 0 Å². The standard InChI is InChI=1S/C12H17N2O2/c1-3-13-9-14(6-7-15)11-5-4-10(16-2)8-12(11)13/h4-5,8-9,15H,3,6-7H2,1-2H3/q+1. The van der Waals surface area contributed by atoms with Crippen LogP contribution in [0.4, 0.5) is 0 Å². The van der Waals surface area contributed by atoms with Gasteiger partial charge >= 0.3 is 0 Å². The van der Waals surface area contributed by atoms with Crippen LogP contribution in [0.25, 0.3) is 11.0 Å². The number of fused-ring (bicyclic) bond motifs is 1. The summed E-state index contributed by atoms with van der Waals surface area (Å²) in [5, 5.41) is 9.01. The van der Waals surface area contributed by atoms with Gasteiger partial charge < -0.3 is 9.84 Å². The maximum Gasteiger partial charge on any atom is 0.244 e. The zero-order valence-corrected chi connectivity index (χ0v) is 9.68. The molecule has 0 atom stereocenters. The Hall–Kier alpha value is -1.55. The monoisotopic (exact) mass is 221 g/mol. The third-order valence-corrected chi connectivity index (χ3v) is 2.76. The topological polar surface area (TPSA) is 38.3 Å². The van der Waals surface area contributed by atoms with Crippen LogP contribution < -0.4 is 9.30 Å². The van der Waals surface area contributed by atoms with Crippen LogP contribution in [0.3, 0.4) is 0 Å². The van der Waals surface area contributed by atoms with Gasteiger partial charge in [0.25, 0.3) is 0 Å². The molecule has 2 aromatic rings. The second-order valence-electron chi connectivity index (χ2n) is 3.67. The predicted molar refractivity (Wildman–Crippen MR) is 61.4 cm³/mol. The number of nitrogens with zero attached hydrogens (tertiary/aromatic N) is 2. The first kappa shape index (κ1) is 11.0. The normalized spacial score (nSPS) is 10.9. The smallest absolute Gasteiger partial charge is 0.244 e. The average Bonchev–Trinajstić information content (AvgIpc) is 2.67. The molecule has 0 saturated carbocycles. The van der Waals surface area contributed by atoms with Gasteiger partial charge in [-0.2, -0.15) is 0 Å². The molecular weight excluding hydrogens is 204 g/mol. The number of hydrogen-bond acceptors (Lipinski definition) is 2. The van der Waals surface area contributed by atoms with Crippen LogP contribution in [0.5, 0.6) is 5.75 Å². The van der Waals surface area contributed by atoms with Gasteiger partial charge in [-0.3, -0.25) is 0 Å². The molecule has 0 aliphatic rings. The van der Waals surface area contributed by atoms with E-state index in [1.807, 2.05) is 24.5 Å². The highest BCUT2D eigenvalue weighted by Crippen LogP contribution is 2.18. The van der Waals surface area contributed by atoms with Crippen molar-refractivity contribution in [3.05, 3.63) is 24.5 Å². The Morgan fingerprint density at radius 1 is 1.44 bits per heavy atom. The van der Waals surface area contributed by atoms with Crippen molar-refractivity contribution in [3.63, 3.8) is 0 Å². The van der Waals surface area contributed by atoms with Crippen LogP contribution in [0.15, 0.2) is 24.5 Å². The van der Waals surface area contributed by atoms with E-state index in [-0.39, 0.29) is 6.61 Å². The van der Waals surface area contributed by atoms with Crippen LogP contribution in [0.1, 0.15) is 6.92 Å². The molecule has 0 unspecified atom stereocenters. The lowest BCUT2D eigenvalue weighted by atomic mass is 10.3. The summed E-state index contributed by atoms with van der Waals surface area (Å²) >= 11 is 0. The maximum atomic E-state index is 9.01. The molecule has 0 fully saturated rings. The fourth-order valence-corrected chi connectivity index (χ4v) is 1.93. The number of ether oxygens (including phenoxy) is 1. The fraction of sp³-hybridized carbons (Fsp3) is 0.417. The number of benzene rings is 1. The van der Waals surface area contributed by atoms with Crippen molar-refractivity contribution in [1.29, 1.82) is 0 Å². The molecule has 2 rings (SSSR count). The molecular formula is C12H17N2O2+. The number of imidazole rings is 1. The number of hydrogen-bond donors (Lipinski definition) is 1. The zero-order chi connectivity index (χ0) is 11.5. The van der Waals surface area contributed by atoms with Gasteiger partial charge in [0, 0.05) is 6.07 Å². The molecule has 16 heavy (non-hydrogen) atoms. The van der Waals surface area contributed by atoms with Gasteiger partial charge in [0.05, 0.1) is 20.3 Å². The number of aliphatic hydroxyl groups excluding tert-OH is 1. The number of rotatable bonds is 4. The van der Waals surface area contributed by atoms with Gasteiger partial charge in [0.15, 0.2) is 11.0 Å². The summed E-state index contributed by atoms with van der Waals surface area (Å²) in [6, 6.07) is 5.99. The van der Waals surface area contributed by atoms with E-state index in [1.54, 1.807) is 7.11 Å². The number of methoxy groups -OCH3 is 1. The molecule has 0 radical (unpaired) electrons. The molecule has 0 amide bonds. The lowest BCUT2D eigenvalue weighted by Gasteiger charge is -1.98. The Kier molecular flexibility index (Phi) is 3.10. The summed E-state index contributed by atoms with van der Waals surface area (Å²) in [6.07, 6.45) is 2.03. The Morgan fingerprint density at radius 3 is 2.88 bits per heavy atom. The lowest BCUT2D eigenvalue weighted by Crippen LogP contribution is -2.34. The van der Waals surface area contributed by atoms with E-state index < -0.39 is 0 Å². The second-order valence-corrected chi connectivity index (χ2v) is 3.67. The van der Waals surface area contributed by atoms with Gasteiger partial charge in [-0.15, -0.1) is 0 Å². The molecule has 1 aromatic carbocycles. The van der Waals surface area contributed by atoms with E-state index in [2.05, 4.69) is 16.1 Å². The van der Waals surface area contributed by atoms with Gasteiger partial charge in [0.2, 0.25) is 6.33 Å². The lowest BCUT2D eigenvalue weighted by molar-refractivity contribution is -0.673. The summed E-state index contributed by atoms with van der Waals surface area (Å²) in [5.41, 5.74) is 2.26. The third kappa shape index (κ3) is 1.76. The molecule has 1 aromatic heterocycles. The van der Waals surface area contributed by atoms with Crippen LogP contribution in [-0.2, 0) is 13.1 Å². The van der Waals surface area contributed by atoms with Crippen molar-refractivity contribution in [3.8, 4) is 5.75 Å². The maximum absolute atomic E-state index is 9.01. The van der Waals surface area contributed by atoms with Crippen LogP contribution in [0, 0.1) is 0 Å². The van der Waals surface area contributed by atoms with E-state index >= 15 is 0 Å². The van der Waals surface area contributed by atoms with Gasteiger partial charge in [0.1, 0.15) is 12.3 Å². The molecule has 0 saturated heterocycles.